The van der Waals surface area contributed by atoms with Gasteiger partial charge in [0, 0.05) is 28.2 Å². The maximum atomic E-state index is 11.8. The maximum absolute atomic E-state index is 11.8. The lowest BCUT2D eigenvalue weighted by Crippen LogP contribution is -2.33. The topological polar surface area (TPSA) is 132 Å². The van der Waals surface area contributed by atoms with Gasteiger partial charge in [0.25, 0.3) is 0 Å². The van der Waals surface area contributed by atoms with Crippen molar-refractivity contribution in [3.8, 4) is 34.1 Å². The highest BCUT2D eigenvalue weighted by atomic mass is 16.5. The van der Waals surface area contributed by atoms with Crippen molar-refractivity contribution in [1.82, 2.24) is 0 Å². The summed E-state index contributed by atoms with van der Waals surface area (Å²) < 4.78 is 29.2. The molecule has 4 N–H and O–H groups in total. The Hall–Kier alpha value is -6.42. The summed E-state index contributed by atoms with van der Waals surface area (Å²) in [6.45, 7) is 10.8. The van der Waals surface area contributed by atoms with Gasteiger partial charge < -0.3 is 35.2 Å². The van der Waals surface area contributed by atoms with E-state index in [1.54, 1.807) is 13.8 Å². The van der Waals surface area contributed by atoms with E-state index in [4.69, 9.17) is 35.2 Å². The Balaban J connectivity index is 1.22. The molecule has 1 heterocycles. The third kappa shape index (κ3) is 8.29. The molecule has 9 heteroatoms. The minimum absolute atomic E-state index is 0.0242. The van der Waals surface area contributed by atoms with Crippen LogP contribution >= 0.6 is 0 Å². The molecule has 0 fully saturated rings. The molecule has 0 bridgehead atoms. The van der Waals surface area contributed by atoms with Gasteiger partial charge >= 0.3 is 11.9 Å². The molecular formula is C47H44N2O7. The summed E-state index contributed by atoms with van der Waals surface area (Å²) in [7, 11) is 0. The predicted octanol–water partition coefficient (Wildman–Crippen LogP) is 8.60. The minimum atomic E-state index is -0.507. The monoisotopic (exact) mass is 748 g/mol. The van der Waals surface area contributed by atoms with Crippen molar-refractivity contribution in [2.24, 2.45) is 11.5 Å². The van der Waals surface area contributed by atoms with E-state index < -0.39 is 24.0 Å². The van der Waals surface area contributed by atoms with Gasteiger partial charge in [0.15, 0.2) is 0 Å². The van der Waals surface area contributed by atoms with Crippen molar-refractivity contribution in [1.29, 1.82) is 0 Å². The zero-order valence-electron chi connectivity index (χ0n) is 31.5. The molecule has 6 aromatic rings. The molecule has 0 saturated carbocycles. The molecule has 0 saturated heterocycles. The highest BCUT2D eigenvalue weighted by Crippen LogP contribution is 2.52. The number of hydrogen-bond donors (Lipinski definition) is 2. The van der Waals surface area contributed by atoms with Crippen LogP contribution in [0.4, 0.5) is 0 Å². The van der Waals surface area contributed by atoms with Crippen molar-refractivity contribution in [3.63, 3.8) is 0 Å². The molecule has 7 rings (SSSR count). The van der Waals surface area contributed by atoms with Crippen molar-refractivity contribution in [2.45, 2.75) is 31.8 Å². The van der Waals surface area contributed by atoms with Crippen LogP contribution in [0.2, 0.25) is 0 Å². The second kappa shape index (κ2) is 16.5. The summed E-state index contributed by atoms with van der Waals surface area (Å²) in [6, 6.07) is 38.1. The molecule has 9 nitrogen and oxygen atoms in total. The maximum Gasteiger partial charge on any atom is 0.333 e. The average Bonchev–Trinajstić information content (AvgIpc) is 3.22. The fourth-order valence-electron chi connectivity index (χ4n) is 6.79. The van der Waals surface area contributed by atoms with Crippen LogP contribution in [0.3, 0.4) is 0 Å². The van der Waals surface area contributed by atoms with Gasteiger partial charge in [-0.3, -0.25) is 0 Å². The van der Waals surface area contributed by atoms with Gasteiger partial charge in [0.05, 0.1) is 12.1 Å². The number of hydrogen-bond acceptors (Lipinski definition) is 9. The Morgan fingerprint density at radius 2 is 1.07 bits per heavy atom. The van der Waals surface area contributed by atoms with Gasteiger partial charge in [-0.25, -0.2) is 9.59 Å². The first-order valence-corrected chi connectivity index (χ1v) is 18.4. The Bertz CT molecular complexity index is 2310. The highest BCUT2D eigenvalue weighted by Gasteiger charge is 2.32. The average molecular weight is 749 g/mol. The van der Waals surface area contributed by atoms with Crippen LogP contribution in [0.5, 0.6) is 23.0 Å². The van der Waals surface area contributed by atoms with Crippen LogP contribution in [-0.2, 0) is 19.1 Å². The zero-order valence-corrected chi connectivity index (χ0v) is 31.5. The lowest BCUT2D eigenvalue weighted by molar-refractivity contribution is -0.140. The Morgan fingerprint density at radius 1 is 0.607 bits per heavy atom. The van der Waals surface area contributed by atoms with Crippen molar-refractivity contribution < 1.29 is 33.3 Å². The molecule has 1 aliphatic heterocycles. The normalized spacial score (nSPS) is 14.1. The molecular weight excluding hydrogens is 705 g/mol. The number of carbonyl (C=O) groups is 2. The summed E-state index contributed by atoms with van der Waals surface area (Å²) in [4.78, 5) is 23.6. The van der Waals surface area contributed by atoms with E-state index in [1.807, 2.05) is 66.7 Å². The molecule has 0 amide bonds. The fraction of sp³-hybridized carbons (Fsp3) is 0.191. The Labute approximate surface area is 326 Å². The molecule has 0 radical (unpaired) electrons. The number of ether oxygens (including phenoxy) is 5. The first kappa shape index (κ1) is 37.9. The van der Waals surface area contributed by atoms with Gasteiger partial charge in [-0.15, -0.1) is 0 Å². The van der Waals surface area contributed by atoms with Crippen LogP contribution in [0.15, 0.2) is 140 Å². The highest BCUT2D eigenvalue weighted by molar-refractivity contribution is 5.96. The summed E-state index contributed by atoms with van der Waals surface area (Å²) in [5, 5.41) is 4.00. The molecule has 284 valence electrons. The van der Waals surface area contributed by atoms with E-state index in [0.717, 1.165) is 60.9 Å². The molecule has 2 unspecified atom stereocenters. The van der Waals surface area contributed by atoms with Crippen LogP contribution in [0, 0.1) is 0 Å². The third-order valence-corrected chi connectivity index (χ3v) is 9.62. The summed E-state index contributed by atoms with van der Waals surface area (Å²) in [5.74, 6) is 1.70. The second-order valence-corrected chi connectivity index (χ2v) is 14.1. The van der Waals surface area contributed by atoms with Crippen molar-refractivity contribution in [3.05, 3.63) is 156 Å². The van der Waals surface area contributed by atoms with Crippen molar-refractivity contribution in [2.75, 3.05) is 26.4 Å². The molecule has 56 heavy (non-hydrogen) atoms. The molecule has 0 aromatic heterocycles. The second-order valence-electron chi connectivity index (χ2n) is 14.1. The number of nitrogens with two attached hydrogens (primary N) is 2. The number of fused-ring (bicyclic) bond motifs is 6. The predicted molar refractivity (Wildman–Crippen MR) is 219 cm³/mol. The van der Waals surface area contributed by atoms with Gasteiger partial charge in [-0.1, -0.05) is 92.0 Å². The summed E-state index contributed by atoms with van der Waals surface area (Å²) in [5.41, 5.74) is 18.5. The Morgan fingerprint density at radius 3 is 1.54 bits per heavy atom. The summed E-state index contributed by atoms with van der Waals surface area (Å²) >= 11 is 0. The SMILES string of the molecule is C=C(C)C(=O)OCC(N)COc1ccc2c3c(ccc2c1)Oc1ccc2cc(OCC(N)COC(=O)C(=C)C)ccc2c1C3c1ccc(-c2ccccc2)cc1. The van der Waals surface area contributed by atoms with Crippen LogP contribution < -0.4 is 25.7 Å². The van der Waals surface area contributed by atoms with Gasteiger partial charge in [-0.05, 0) is 88.5 Å². The first-order valence-electron chi connectivity index (χ1n) is 18.4. The molecule has 0 aliphatic carbocycles. The van der Waals surface area contributed by atoms with Gasteiger partial charge in [0.2, 0.25) is 0 Å². The minimum Gasteiger partial charge on any atom is -0.492 e. The Kier molecular flexibility index (Phi) is 11.2. The van der Waals surface area contributed by atoms with Crippen LogP contribution in [-0.4, -0.2) is 50.4 Å². The number of benzene rings is 6. The first-order chi connectivity index (χ1) is 27.0. The van der Waals surface area contributed by atoms with E-state index in [2.05, 4.69) is 61.7 Å². The number of rotatable bonds is 14. The van der Waals surface area contributed by atoms with Crippen molar-refractivity contribution >= 4 is 33.5 Å². The van der Waals surface area contributed by atoms with Gasteiger partial charge in [-0.2, -0.15) is 0 Å². The third-order valence-electron chi connectivity index (χ3n) is 9.62. The molecule has 6 aromatic carbocycles. The van der Waals surface area contributed by atoms with E-state index >= 15 is 0 Å². The van der Waals surface area contributed by atoms with Gasteiger partial charge in [0.1, 0.15) is 49.4 Å². The van der Waals surface area contributed by atoms with E-state index in [-0.39, 0.29) is 32.3 Å². The molecule has 0 spiro atoms. The lowest BCUT2D eigenvalue weighted by atomic mass is 9.78. The smallest absolute Gasteiger partial charge is 0.333 e. The number of esters is 2. The van der Waals surface area contributed by atoms with Crippen LogP contribution in [0.25, 0.3) is 32.7 Å². The largest absolute Gasteiger partial charge is 0.492 e. The van der Waals surface area contributed by atoms with E-state index in [0.29, 0.717) is 22.6 Å². The van der Waals surface area contributed by atoms with Crippen LogP contribution in [0.1, 0.15) is 36.5 Å². The standard InChI is InChI=1S/C47H44N2O7/c1-28(2)46(50)54-26-35(48)24-52-37-16-18-39-33(22-37)14-20-41-44(39)43(32-12-10-31(11-13-32)30-8-6-5-7-9-30)45-40-19-17-38(23-34(40)15-21-42(45)56-41)53-25-36(49)27-55-47(51)29(3)4/h5-23,35-36,43H,1,3,24-27,48-49H2,2,4H3. The van der Waals surface area contributed by atoms with E-state index in [9.17, 15) is 9.59 Å². The fourth-order valence-corrected chi connectivity index (χ4v) is 6.79. The van der Waals surface area contributed by atoms with E-state index in [1.165, 1.54) is 0 Å². The number of carbonyl (C=O) groups excluding carboxylic acids is 2. The lowest BCUT2D eigenvalue weighted by Gasteiger charge is -2.31. The zero-order chi connectivity index (χ0) is 39.3. The molecule has 1 aliphatic rings. The molecule has 2 atom stereocenters. The quantitative estimate of drug-likeness (QED) is 0.0829. The summed E-state index contributed by atoms with van der Waals surface area (Å²) in [6.07, 6.45) is 0.